The summed E-state index contributed by atoms with van der Waals surface area (Å²) in [5, 5.41) is 17.7. The van der Waals surface area contributed by atoms with E-state index in [1.54, 1.807) is 36.0 Å². The zero-order valence-electron chi connectivity index (χ0n) is 22.1. The first-order valence-electron chi connectivity index (χ1n) is 12.8. The van der Waals surface area contributed by atoms with Gasteiger partial charge in [0.2, 0.25) is 17.7 Å². The lowest BCUT2D eigenvalue weighted by atomic mass is 10.0. The van der Waals surface area contributed by atoms with Crippen molar-refractivity contribution in [3.05, 3.63) is 54.1 Å². The molecule has 4 unspecified atom stereocenters. The van der Waals surface area contributed by atoms with Gasteiger partial charge in [0, 0.05) is 24.7 Å². The molecule has 9 N–H and O–H groups in total. The summed E-state index contributed by atoms with van der Waals surface area (Å²) in [7, 11) is 0. The van der Waals surface area contributed by atoms with Gasteiger partial charge in [0.05, 0.1) is 12.4 Å². The van der Waals surface area contributed by atoms with Gasteiger partial charge < -0.3 is 37.5 Å². The first-order chi connectivity index (χ1) is 18.7. The summed E-state index contributed by atoms with van der Waals surface area (Å²) < 4.78 is 0. The summed E-state index contributed by atoms with van der Waals surface area (Å²) in [5.41, 5.74) is 12.9. The number of rotatable bonds is 18. The molecule has 0 fully saturated rings. The summed E-state index contributed by atoms with van der Waals surface area (Å²) in [6.07, 6.45) is 6.90. The van der Waals surface area contributed by atoms with E-state index in [0.717, 1.165) is 5.56 Å². The van der Waals surface area contributed by atoms with E-state index in [0.29, 0.717) is 43.7 Å². The van der Waals surface area contributed by atoms with Gasteiger partial charge in [-0.25, -0.2) is 9.78 Å². The molecule has 0 aliphatic rings. The van der Waals surface area contributed by atoms with Crippen molar-refractivity contribution >= 4 is 35.5 Å². The molecule has 1 aromatic carbocycles. The molecule has 0 aliphatic heterocycles. The van der Waals surface area contributed by atoms with Crippen LogP contribution in [0, 0.1) is 0 Å². The molecule has 0 saturated heterocycles. The maximum absolute atomic E-state index is 13.4. The van der Waals surface area contributed by atoms with Crippen molar-refractivity contribution in [2.45, 2.75) is 62.7 Å². The number of nitrogens with two attached hydrogens (primary N) is 2. The van der Waals surface area contributed by atoms with Gasteiger partial charge in [-0.15, -0.1) is 0 Å². The number of imidazole rings is 1. The first kappa shape index (κ1) is 31.8. The summed E-state index contributed by atoms with van der Waals surface area (Å²) in [6, 6.07) is 4.98. The number of nitrogens with zero attached hydrogens (tertiary/aromatic N) is 1. The van der Waals surface area contributed by atoms with Crippen molar-refractivity contribution in [3.8, 4) is 0 Å². The minimum absolute atomic E-state index is 0.0151. The Hall–Kier alpha value is -3.42. The van der Waals surface area contributed by atoms with Gasteiger partial charge in [-0.1, -0.05) is 30.3 Å². The Morgan fingerprint density at radius 2 is 1.62 bits per heavy atom. The Labute approximate surface area is 232 Å². The molecular formula is C26H39N7O5S. The minimum atomic E-state index is -1.25. The maximum Gasteiger partial charge on any atom is 0.326 e. The van der Waals surface area contributed by atoms with Crippen molar-refractivity contribution in [3.63, 3.8) is 0 Å². The molecule has 0 aliphatic carbocycles. The Balaban J connectivity index is 2.20. The van der Waals surface area contributed by atoms with Crippen LogP contribution in [0.5, 0.6) is 0 Å². The number of H-pyrrole nitrogens is 1. The number of carbonyl (C=O) groups is 4. The van der Waals surface area contributed by atoms with Crippen LogP contribution in [-0.2, 0) is 32.0 Å². The second-order valence-corrected chi connectivity index (χ2v) is 10.2. The molecule has 0 bridgehead atoms. The predicted molar refractivity (Wildman–Crippen MR) is 150 cm³/mol. The smallest absolute Gasteiger partial charge is 0.326 e. The third kappa shape index (κ3) is 11.5. The number of amides is 3. The first-order valence-corrected chi connectivity index (χ1v) is 14.2. The second kappa shape index (κ2) is 17.2. The van der Waals surface area contributed by atoms with E-state index in [1.807, 2.05) is 12.3 Å². The number of hydrogen-bond acceptors (Lipinski definition) is 8. The number of aliphatic carboxylic acids is 1. The molecule has 0 spiro atoms. The third-order valence-corrected chi connectivity index (χ3v) is 6.70. The van der Waals surface area contributed by atoms with Crippen LogP contribution in [0.25, 0.3) is 0 Å². The highest BCUT2D eigenvalue weighted by Gasteiger charge is 2.30. The number of hydrogen-bond donors (Lipinski definition) is 7. The molecule has 3 amide bonds. The van der Waals surface area contributed by atoms with E-state index in [-0.39, 0.29) is 12.8 Å². The van der Waals surface area contributed by atoms with Crippen LogP contribution in [-0.4, -0.2) is 81.5 Å². The molecule has 4 atom stereocenters. The van der Waals surface area contributed by atoms with Gasteiger partial charge in [-0.2, -0.15) is 11.8 Å². The molecule has 13 heteroatoms. The normalized spacial score (nSPS) is 14.0. The summed E-state index contributed by atoms with van der Waals surface area (Å²) >= 11 is 1.56. The van der Waals surface area contributed by atoms with Gasteiger partial charge in [-0.3, -0.25) is 14.4 Å². The molecule has 12 nitrogen and oxygen atoms in total. The van der Waals surface area contributed by atoms with Gasteiger partial charge in [0.15, 0.2) is 0 Å². The average Bonchev–Trinajstić information content (AvgIpc) is 3.44. The Kier molecular flexibility index (Phi) is 14.0. The molecule has 1 heterocycles. The number of aromatic nitrogens is 2. The van der Waals surface area contributed by atoms with E-state index in [9.17, 15) is 24.3 Å². The number of carbonyl (C=O) groups excluding carboxylic acids is 3. The second-order valence-electron chi connectivity index (χ2n) is 9.16. The lowest BCUT2D eigenvalue weighted by molar-refractivity contribution is -0.142. The van der Waals surface area contributed by atoms with Crippen LogP contribution in [0.3, 0.4) is 0 Å². The number of benzene rings is 1. The third-order valence-electron chi connectivity index (χ3n) is 6.06. The number of nitrogens with one attached hydrogen (secondary N) is 4. The standard InChI is InChI=1S/C26H39N7O5S/c1-39-12-10-19(28)23(34)31-20(9-5-6-11-27)24(35)32-21(13-17-7-3-2-4-8-17)25(36)33-22(26(37)38)14-18-15-29-16-30-18/h2-4,7-8,15-16,19-22H,5-6,9-14,27-28H2,1H3,(H,29,30)(H,31,34)(H,32,35)(H,33,36)(H,37,38). The lowest BCUT2D eigenvalue weighted by Crippen LogP contribution is -2.57. The predicted octanol–water partition coefficient (Wildman–Crippen LogP) is -0.0567. The fourth-order valence-corrected chi connectivity index (χ4v) is 4.33. The van der Waals surface area contributed by atoms with Crippen LogP contribution >= 0.6 is 11.8 Å². The van der Waals surface area contributed by atoms with Crippen molar-refractivity contribution in [2.24, 2.45) is 11.5 Å². The van der Waals surface area contributed by atoms with Crippen LogP contribution in [0.4, 0.5) is 0 Å². The maximum atomic E-state index is 13.4. The van der Waals surface area contributed by atoms with Crippen LogP contribution in [0.15, 0.2) is 42.9 Å². The molecule has 39 heavy (non-hydrogen) atoms. The SMILES string of the molecule is CSCCC(N)C(=O)NC(CCCCN)C(=O)NC(Cc1ccccc1)C(=O)NC(Cc1cnc[nH]1)C(=O)O. The Morgan fingerprint density at radius 3 is 2.23 bits per heavy atom. The van der Waals surface area contributed by atoms with Gasteiger partial charge in [0.1, 0.15) is 18.1 Å². The van der Waals surface area contributed by atoms with Gasteiger partial charge in [-0.05, 0) is 49.8 Å². The van der Waals surface area contributed by atoms with Crippen LogP contribution in [0.2, 0.25) is 0 Å². The van der Waals surface area contributed by atoms with Crippen molar-refractivity contribution in [1.29, 1.82) is 0 Å². The fourth-order valence-electron chi connectivity index (χ4n) is 3.84. The van der Waals surface area contributed by atoms with E-state index in [1.165, 1.54) is 12.5 Å². The monoisotopic (exact) mass is 561 g/mol. The number of thioether (sulfide) groups is 1. The highest BCUT2D eigenvalue weighted by molar-refractivity contribution is 7.98. The zero-order chi connectivity index (χ0) is 28.6. The van der Waals surface area contributed by atoms with E-state index in [2.05, 4.69) is 25.9 Å². The van der Waals surface area contributed by atoms with Gasteiger partial charge in [0.25, 0.3) is 0 Å². The van der Waals surface area contributed by atoms with E-state index >= 15 is 0 Å². The minimum Gasteiger partial charge on any atom is -0.480 e. The quantitative estimate of drug-likeness (QED) is 0.122. The van der Waals surface area contributed by atoms with Crippen molar-refractivity contribution in [2.75, 3.05) is 18.6 Å². The fraction of sp³-hybridized carbons (Fsp3) is 0.500. The summed E-state index contributed by atoms with van der Waals surface area (Å²) in [6.45, 7) is 0.432. The number of aromatic amines is 1. The molecule has 2 aromatic rings. The van der Waals surface area contributed by atoms with Gasteiger partial charge >= 0.3 is 5.97 Å². The number of unbranched alkanes of at least 4 members (excludes halogenated alkanes) is 1. The lowest BCUT2D eigenvalue weighted by Gasteiger charge is -2.25. The largest absolute Gasteiger partial charge is 0.480 e. The molecule has 1 aromatic heterocycles. The molecule has 214 valence electrons. The van der Waals surface area contributed by atoms with Crippen molar-refractivity contribution < 1.29 is 24.3 Å². The van der Waals surface area contributed by atoms with Crippen molar-refractivity contribution in [1.82, 2.24) is 25.9 Å². The summed E-state index contributed by atoms with van der Waals surface area (Å²) in [4.78, 5) is 57.9. The topological polar surface area (TPSA) is 205 Å². The average molecular weight is 562 g/mol. The van der Waals surface area contributed by atoms with Crippen LogP contribution in [0.1, 0.15) is 36.9 Å². The summed E-state index contributed by atoms with van der Waals surface area (Å²) in [5.74, 6) is -2.21. The Morgan fingerprint density at radius 1 is 0.949 bits per heavy atom. The highest BCUT2D eigenvalue weighted by Crippen LogP contribution is 2.08. The molecule has 0 saturated carbocycles. The van der Waals surface area contributed by atoms with E-state index < -0.39 is 47.9 Å². The molecule has 2 rings (SSSR count). The molecular weight excluding hydrogens is 522 g/mol. The Bertz CT molecular complexity index is 1040. The van der Waals surface area contributed by atoms with E-state index in [4.69, 9.17) is 11.5 Å². The number of carboxylic acid groups (broad SMARTS) is 1. The molecule has 0 radical (unpaired) electrons. The zero-order valence-corrected chi connectivity index (χ0v) is 22.9. The van der Waals surface area contributed by atoms with Crippen LogP contribution < -0.4 is 27.4 Å². The highest BCUT2D eigenvalue weighted by atomic mass is 32.2. The number of carboxylic acids is 1.